The first-order valence-corrected chi connectivity index (χ1v) is 8.57. The van der Waals surface area contributed by atoms with Crippen LogP contribution >= 0.6 is 0 Å². The van der Waals surface area contributed by atoms with Crippen LogP contribution in [0, 0.1) is 11.8 Å². The number of nitrogens with zero attached hydrogens (tertiary/aromatic N) is 2. The number of hydrogen-bond acceptors (Lipinski definition) is 3. The molecule has 0 spiro atoms. The summed E-state index contributed by atoms with van der Waals surface area (Å²) in [7, 11) is 2.16. The maximum Gasteiger partial charge on any atom is 0.305 e. The molecule has 0 radical (unpaired) electrons. The fraction of sp³-hybridized carbons (Fsp3) is 0.941. The van der Waals surface area contributed by atoms with Crippen LogP contribution in [0.15, 0.2) is 0 Å². The average Bonchev–Trinajstić information content (AvgIpc) is 2.38. The summed E-state index contributed by atoms with van der Waals surface area (Å²) in [4.78, 5) is 16.3. The van der Waals surface area contributed by atoms with Crippen molar-refractivity contribution in [3.8, 4) is 0 Å². The molecule has 2 fully saturated rings. The van der Waals surface area contributed by atoms with E-state index in [-0.39, 0.29) is 5.54 Å². The zero-order valence-electron chi connectivity index (χ0n) is 14.0. The normalized spacial score (nSPS) is 32.5. The van der Waals surface area contributed by atoms with Crippen molar-refractivity contribution >= 4 is 5.97 Å². The van der Waals surface area contributed by atoms with Crippen LogP contribution in [-0.2, 0) is 4.79 Å². The van der Waals surface area contributed by atoms with Crippen molar-refractivity contribution in [3.63, 3.8) is 0 Å². The molecule has 2 unspecified atom stereocenters. The van der Waals surface area contributed by atoms with E-state index in [0.717, 1.165) is 39.0 Å². The lowest BCUT2D eigenvalue weighted by Crippen LogP contribution is -2.59. The Morgan fingerprint density at radius 2 is 1.95 bits per heavy atom. The molecule has 1 saturated carbocycles. The predicted octanol–water partition coefficient (Wildman–Crippen LogP) is 2.68. The van der Waals surface area contributed by atoms with Gasteiger partial charge in [-0.2, -0.15) is 0 Å². The fourth-order valence-electron chi connectivity index (χ4n) is 4.45. The van der Waals surface area contributed by atoms with Crippen LogP contribution in [0.1, 0.15) is 52.4 Å². The molecular weight excluding hydrogens is 264 g/mol. The molecule has 0 amide bonds. The Bertz CT molecular complexity index is 351. The molecule has 4 heteroatoms. The van der Waals surface area contributed by atoms with Crippen LogP contribution in [0.3, 0.4) is 0 Å². The second-order valence-electron chi connectivity index (χ2n) is 7.68. The van der Waals surface area contributed by atoms with Crippen LogP contribution in [0.2, 0.25) is 0 Å². The molecule has 122 valence electrons. The highest BCUT2D eigenvalue weighted by molar-refractivity contribution is 5.68. The van der Waals surface area contributed by atoms with E-state index in [1.54, 1.807) is 0 Å². The molecular formula is C17H32N2O2. The third-order valence-electron chi connectivity index (χ3n) is 5.38. The second kappa shape index (κ2) is 7.10. The summed E-state index contributed by atoms with van der Waals surface area (Å²) >= 11 is 0. The Morgan fingerprint density at radius 1 is 1.29 bits per heavy atom. The van der Waals surface area contributed by atoms with Crippen molar-refractivity contribution in [3.05, 3.63) is 0 Å². The van der Waals surface area contributed by atoms with Gasteiger partial charge in [0.25, 0.3) is 0 Å². The van der Waals surface area contributed by atoms with Gasteiger partial charge >= 0.3 is 5.97 Å². The quantitative estimate of drug-likeness (QED) is 0.847. The van der Waals surface area contributed by atoms with Crippen LogP contribution in [0.4, 0.5) is 0 Å². The van der Waals surface area contributed by atoms with Gasteiger partial charge in [-0.1, -0.05) is 26.7 Å². The molecule has 0 bridgehead atoms. The summed E-state index contributed by atoms with van der Waals surface area (Å²) in [6.07, 6.45) is 6.20. The van der Waals surface area contributed by atoms with Crippen molar-refractivity contribution in [1.29, 1.82) is 0 Å². The first-order valence-electron chi connectivity index (χ1n) is 8.57. The summed E-state index contributed by atoms with van der Waals surface area (Å²) in [6, 6.07) is 0. The molecule has 2 aliphatic rings. The Hall–Kier alpha value is -0.610. The lowest BCUT2D eigenvalue weighted by molar-refractivity contribution is -0.142. The van der Waals surface area contributed by atoms with Crippen LogP contribution in [-0.4, -0.2) is 59.6 Å². The first-order chi connectivity index (χ1) is 9.91. The number of carboxylic acids is 1. The third-order valence-corrected chi connectivity index (χ3v) is 5.38. The van der Waals surface area contributed by atoms with E-state index in [1.165, 1.54) is 19.3 Å². The van der Waals surface area contributed by atoms with Gasteiger partial charge in [0.05, 0.1) is 6.42 Å². The molecule has 4 nitrogen and oxygen atoms in total. The third kappa shape index (κ3) is 4.43. The van der Waals surface area contributed by atoms with Gasteiger partial charge in [0.15, 0.2) is 0 Å². The highest BCUT2D eigenvalue weighted by Crippen LogP contribution is 2.42. The molecule has 0 aromatic rings. The van der Waals surface area contributed by atoms with Crippen molar-refractivity contribution in [2.45, 2.75) is 57.9 Å². The number of carboxylic acid groups (broad SMARTS) is 1. The molecule has 0 aromatic heterocycles. The second-order valence-corrected chi connectivity index (χ2v) is 7.68. The Balaban J connectivity index is 2.10. The number of piperazine rings is 1. The Morgan fingerprint density at radius 3 is 2.52 bits per heavy atom. The molecule has 1 aliphatic carbocycles. The zero-order valence-corrected chi connectivity index (χ0v) is 14.0. The summed E-state index contributed by atoms with van der Waals surface area (Å²) in [5.74, 6) is 0.792. The smallest absolute Gasteiger partial charge is 0.305 e. The largest absolute Gasteiger partial charge is 0.481 e. The molecule has 1 N–H and O–H groups in total. The molecule has 1 heterocycles. The van der Waals surface area contributed by atoms with Crippen molar-refractivity contribution < 1.29 is 9.90 Å². The van der Waals surface area contributed by atoms with E-state index in [0.29, 0.717) is 18.3 Å². The van der Waals surface area contributed by atoms with Crippen LogP contribution < -0.4 is 0 Å². The number of hydrogen-bond donors (Lipinski definition) is 1. The molecule has 1 saturated heterocycles. The number of likely N-dealkylation sites (N-methyl/N-ethyl adjacent to an activating group) is 1. The van der Waals surface area contributed by atoms with Crippen LogP contribution in [0.5, 0.6) is 0 Å². The monoisotopic (exact) mass is 296 g/mol. The van der Waals surface area contributed by atoms with Crippen molar-refractivity contribution in [1.82, 2.24) is 9.80 Å². The molecule has 0 aromatic carbocycles. The first kappa shape index (κ1) is 16.8. The highest BCUT2D eigenvalue weighted by atomic mass is 16.4. The van der Waals surface area contributed by atoms with Gasteiger partial charge in [0.1, 0.15) is 0 Å². The lowest BCUT2D eigenvalue weighted by Gasteiger charge is -2.51. The zero-order chi connectivity index (χ0) is 15.5. The van der Waals surface area contributed by atoms with Crippen molar-refractivity contribution in [2.24, 2.45) is 11.8 Å². The Kier molecular flexibility index (Phi) is 5.67. The topological polar surface area (TPSA) is 43.8 Å². The van der Waals surface area contributed by atoms with Gasteiger partial charge in [0, 0.05) is 31.7 Å². The van der Waals surface area contributed by atoms with E-state index >= 15 is 0 Å². The minimum atomic E-state index is -0.626. The summed E-state index contributed by atoms with van der Waals surface area (Å²) < 4.78 is 0. The maximum absolute atomic E-state index is 11.5. The number of rotatable bonds is 5. The van der Waals surface area contributed by atoms with E-state index in [9.17, 15) is 9.90 Å². The molecule has 1 aliphatic heterocycles. The molecule has 21 heavy (non-hydrogen) atoms. The SMILES string of the molecule is CC(C)CC1CCCC(CC(=O)O)(N2CCN(C)CC2)C1. The molecule has 2 rings (SSSR count). The summed E-state index contributed by atoms with van der Waals surface area (Å²) in [5.41, 5.74) is -0.0785. The lowest BCUT2D eigenvalue weighted by atomic mass is 9.70. The van der Waals surface area contributed by atoms with Gasteiger partial charge in [-0.25, -0.2) is 0 Å². The number of carbonyl (C=O) groups is 1. The fourth-order valence-corrected chi connectivity index (χ4v) is 4.45. The van der Waals surface area contributed by atoms with E-state index in [2.05, 4.69) is 30.7 Å². The van der Waals surface area contributed by atoms with Gasteiger partial charge in [-0.05, 0) is 38.1 Å². The van der Waals surface area contributed by atoms with Crippen LogP contribution in [0.25, 0.3) is 0 Å². The molecule has 2 atom stereocenters. The van der Waals surface area contributed by atoms with Gasteiger partial charge in [0.2, 0.25) is 0 Å². The average molecular weight is 296 g/mol. The van der Waals surface area contributed by atoms with Crippen molar-refractivity contribution in [2.75, 3.05) is 33.2 Å². The minimum Gasteiger partial charge on any atom is -0.481 e. The Labute approximate surface area is 129 Å². The van der Waals surface area contributed by atoms with Gasteiger partial charge < -0.3 is 10.0 Å². The van der Waals surface area contributed by atoms with E-state index < -0.39 is 5.97 Å². The minimum absolute atomic E-state index is 0.0785. The summed E-state index contributed by atoms with van der Waals surface area (Å²) in [5, 5.41) is 9.44. The van der Waals surface area contributed by atoms with E-state index in [4.69, 9.17) is 0 Å². The standard InChI is InChI=1S/C17H32N2O2/c1-14(2)11-15-5-4-6-17(12-15,13-16(20)21)19-9-7-18(3)8-10-19/h14-15H,4-13H2,1-3H3,(H,20,21). The van der Waals surface area contributed by atoms with Gasteiger partial charge in [-0.3, -0.25) is 9.69 Å². The maximum atomic E-state index is 11.5. The highest BCUT2D eigenvalue weighted by Gasteiger charge is 2.43. The van der Waals surface area contributed by atoms with Gasteiger partial charge in [-0.15, -0.1) is 0 Å². The summed E-state index contributed by atoms with van der Waals surface area (Å²) in [6.45, 7) is 8.75. The number of aliphatic carboxylic acids is 1. The predicted molar refractivity (Wildman–Crippen MR) is 85.5 cm³/mol. The van der Waals surface area contributed by atoms with E-state index in [1.807, 2.05) is 0 Å².